The Morgan fingerprint density at radius 3 is 2.71 bits per heavy atom. The normalized spacial score (nSPS) is 15.3. The van der Waals surface area contributed by atoms with E-state index in [1.54, 1.807) is 12.1 Å². The molecule has 0 aromatic heterocycles. The summed E-state index contributed by atoms with van der Waals surface area (Å²) in [5.74, 6) is -0.502. The van der Waals surface area contributed by atoms with Crippen LogP contribution >= 0.6 is 0 Å². The molecule has 120 valence electrons. The number of nitrogens with zero attached hydrogens (tertiary/aromatic N) is 2. The maximum Gasteiger partial charge on any atom is 0.363 e. The first-order valence-electron chi connectivity index (χ1n) is 7.29. The fourth-order valence-corrected chi connectivity index (χ4v) is 2.35. The zero-order valence-electron chi connectivity index (χ0n) is 13.1. The molecule has 0 fully saturated rings. The van der Waals surface area contributed by atoms with Crippen LogP contribution in [0.4, 0.5) is 5.69 Å². The van der Waals surface area contributed by atoms with Gasteiger partial charge >= 0.3 is 5.97 Å². The Hall–Kier alpha value is -3.28. The smallest absolute Gasteiger partial charge is 0.363 e. The molecular weight excluding hydrogens is 308 g/mol. The van der Waals surface area contributed by atoms with Crippen LogP contribution in [0.25, 0.3) is 6.08 Å². The molecule has 2 aromatic rings. The molecule has 24 heavy (non-hydrogen) atoms. The number of hydrogen-bond donors (Lipinski definition) is 0. The van der Waals surface area contributed by atoms with Gasteiger partial charge in [-0.25, -0.2) is 9.79 Å². The van der Waals surface area contributed by atoms with E-state index in [0.717, 1.165) is 16.7 Å². The lowest BCUT2D eigenvalue weighted by Gasteiger charge is -2.01. The van der Waals surface area contributed by atoms with Crippen LogP contribution in [0.3, 0.4) is 0 Å². The van der Waals surface area contributed by atoms with Crippen LogP contribution in [0.1, 0.15) is 22.3 Å². The molecule has 0 unspecified atom stereocenters. The van der Waals surface area contributed by atoms with Gasteiger partial charge in [-0.15, -0.1) is 0 Å². The van der Waals surface area contributed by atoms with Crippen molar-refractivity contribution in [2.24, 2.45) is 4.99 Å². The Bertz CT molecular complexity index is 913. The molecule has 0 saturated heterocycles. The molecule has 0 aliphatic carbocycles. The van der Waals surface area contributed by atoms with Gasteiger partial charge in [-0.2, -0.15) is 0 Å². The van der Waals surface area contributed by atoms with Crippen LogP contribution in [-0.4, -0.2) is 16.8 Å². The molecule has 2 aromatic carbocycles. The fourth-order valence-electron chi connectivity index (χ4n) is 2.35. The maximum atomic E-state index is 12.0. The van der Waals surface area contributed by atoms with Crippen molar-refractivity contribution in [3.63, 3.8) is 0 Å². The largest absolute Gasteiger partial charge is 0.402 e. The van der Waals surface area contributed by atoms with E-state index in [2.05, 4.69) is 4.99 Å². The lowest BCUT2D eigenvalue weighted by molar-refractivity contribution is -0.384. The van der Waals surface area contributed by atoms with Crippen LogP contribution < -0.4 is 0 Å². The van der Waals surface area contributed by atoms with Crippen molar-refractivity contribution in [2.75, 3.05) is 0 Å². The van der Waals surface area contributed by atoms with Crippen LogP contribution in [0.5, 0.6) is 0 Å². The van der Waals surface area contributed by atoms with E-state index in [1.807, 2.05) is 32.0 Å². The van der Waals surface area contributed by atoms with Gasteiger partial charge in [0, 0.05) is 17.7 Å². The van der Waals surface area contributed by atoms with E-state index < -0.39 is 10.9 Å². The summed E-state index contributed by atoms with van der Waals surface area (Å²) in [6.45, 7) is 3.91. The zero-order valence-corrected chi connectivity index (χ0v) is 13.1. The molecule has 0 radical (unpaired) electrons. The SMILES string of the molecule is Cc1ccc(C)c(/C=C2\N=C(c3cccc([N+](=O)[O-])c3)OC2=O)c1. The highest BCUT2D eigenvalue weighted by atomic mass is 16.6. The van der Waals surface area contributed by atoms with Gasteiger partial charge in [-0.3, -0.25) is 10.1 Å². The van der Waals surface area contributed by atoms with Crippen LogP contribution in [-0.2, 0) is 9.53 Å². The molecule has 0 bridgehead atoms. The summed E-state index contributed by atoms with van der Waals surface area (Å²) in [7, 11) is 0. The number of benzene rings is 2. The second-order valence-corrected chi connectivity index (χ2v) is 5.50. The highest BCUT2D eigenvalue weighted by Crippen LogP contribution is 2.23. The zero-order chi connectivity index (χ0) is 17.3. The minimum absolute atomic E-state index is 0.0697. The molecule has 0 atom stereocenters. The predicted molar refractivity (Wildman–Crippen MR) is 89.6 cm³/mol. The molecule has 1 aliphatic heterocycles. The molecule has 6 heteroatoms. The topological polar surface area (TPSA) is 81.8 Å². The Labute approximate surface area is 138 Å². The average Bonchev–Trinajstić information content (AvgIpc) is 2.92. The van der Waals surface area contributed by atoms with Gasteiger partial charge in [-0.1, -0.05) is 29.8 Å². The number of non-ortho nitro benzene ring substituents is 1. The molecule has 1 aliphatic rings. The van der Waals surface area contributed by atoms with Gasteiger partial charge in [0.05, 0.1) is 4.92 Å². The Balaban J connectivity index is 1.99. The summed E-state index contributed by atoms with van der Waals surface area (Å²) < 4.78 is 5.16. The lowest BCUT2D eigenvalue weighted by Crippen LogP contribution is -2.05. The number of ether oxygens (including phenoxy) is 1. The summed E-state index contributed by atoms with van der Waals surface area (Å²) in [6.07, 6.45) is 1.66. The van der Waals surface area contributed by atoms with E-state index in [-0.39, 0.29) is 17.3 Å². The van der Waals surface area contributed by atoms with Gasteiger partial charge in [-0.05, 0) is 37.1 Å². The number of carbonyl (C=O) groups excluding carboxylic acids is 1. The van der Waals surface area contributed by atoms with Gasteiger partial charge in [0.2, 0.25) is 5.90 Å². The number of nitro benzene ring substituents is 1. The molecule has 0 saturated carbocycles. The molecule has 3 rings (SSSR count). The highest BCUT2D eigenvalue weighted by Gasteiger charge is 2.25. The number of rotatable bonds is 3. The third kappa shape index (κ3) is 3.08. The van der Waals surface area contributed by atoms with Gasteiger partial charge in [0.1, 0.15) is 0 Å². The third-order valence-corrected chi connectivity index (χ3v) is 3.65. The summed E-state index contributed by atoms with van der Waals surface area (Å²) in [4.78, 5) is 26.6. The number of aryl methyl sites for hydroxylation is 2. The standard InChI is InChI=1S/C18H14N2O4/c1-11-6-7-12(2)14(8-11)10-16-18(21)24-17(19-16)13-4-3-5-15(9-13)20(22)23/h3-10H,1-2H3/b16-10-. The summed E-state index contributed by atoms with van der Waals surface area (Å²) in [6, 6.07) is 11.7. The average molecular weight is 322 g/mol. The number of aliphatic imine (C=N–C) groups is 1. The van der Waals surface area contributed by atoms with E-state index in [4.69, 9.17) is 4.74 Å². The first kappa shape index (κ1) is 15.6. The second kappa shape index (κ2) is 6.08. The maximum absolute atomic E-state index is 12.0. The van der Waals surface area contributed by atoms with Crippen molar-refractivity contribution in [2.45, 2.75) is 13.8 Å². The Morgan fingerprint density at radius 1 is 1.17 bits per heavy atom. The number of hydrogen-bond acceptors (Lipinski definition) is 5. The number of nitro groups is 1. The lowest BCUT2D eigenvalue weighted by atomic mass is 10.0. The number of esters is 1. The summed E-state index contributed by atoms with van der Waals surface area (Å²) in [5, 5.41) is 10.9. The van der Waals surface area contributed by atoms with Crippen molar-refractivity contribution in [3.05, 3.63) is 80.5 Å². The summed E-state index contributed by atoms with van der Waals surface area (Å²) >= 11 is 0. The Morgan fingerprint density at radius 2 is 1.96 bits per heavy atom. The van der Waals surface area contributed by atoms with Crippen LogP contribution in [0, 0.1) is 24.0 Å². The number of cyclic esters (lactones) is 1. The first-order chi connectivity index (χ1) is 11.4. The molecule has 0 N–H and O–H groups in total. The molecule has 6 nitrogen and oxygen atoms in total. The van der Waals surface area contributed by atoms with Gasteiger partial charge in [0.15, 0.2) is 5.70 Å². The van der Waals surface area contributed by atoms with Crippen molar-refractivity contribution < 1.29 is 14.5 Å². The van der Waals surface area contributed by atoms with Crippen LogP contribution in [0.2, 0.25) is 0 Å². The minimum Gasteiger partial charge on any atom is -0.402 e. The summed E-state index contributed by atoms with van der Waals surface area (Å²) in [5.41, 5.74) is 3.44. The van der Waals surface area contributed by atoms with Crippen molar-refractivity contribution >= 4 is 23.6 Å². The van der Waals surface area contributed by atoms with Crippen molar-refractivity contribution in [3.8, 4) is 0 Å². The number of carbonyl (C=O) groups is 1. The van der Waals surface area contributed by atoms with E-state index in [0.29, 0.717) is 5.56 Å². The molecule has 0 amide bonds. The third-order valence-electron chi connectivity index (χ3n) is 3.65. The highest BCUT2D eigenvalue weighted by molar-refractivity contribution is 6.13. The fraction of sp³-hybridized carbons (Fsp3) is 0.111. The molecule has 0 spiro atoms. The molecule has 1 heterocycles. The van der Waals surface area contributed by atoms with E-state index in [9.17, 15) is 14.9 Å². The van der Waals surface area contributed by atoms with Gasteiger partial charge in [0.25, 0.3) is 5.69 Å². The minimum atomic E-state index is -0.572. The van der Waals surface area contributed by atoms with Crippen LogP contribution in [0.15, 0.2) is 53.2 Å². The van der Waals surface area contributed by atoms with Crippen molar-refractivity contribution in [1.29, 1.82) is 0 Å². The predicted octanol–water partition coefficient (Wildman–Crippen LogP) is 3.56. The first-order valence-corrected chi connectivity index (χ1v) is 7.29. The second-order valence-electron chi connectivity index (χ2n) is 5.50. The van der Waals surface area contributed by atoms with E-state index in [1.165, 1.54) is 18.2 Å². The van der Waals surface area contributed by atoms with Gasteiger partial charge < -0.3 is 4.74 Å². The molecular formula is C18H14N2O4. The monoisotopic (exact) mass is 322 g/mol. The Kier molecular flexibility index (Phi) is 3.95. The quantitative estimate of drug-likeness (QED) is 0.374. The van der Waals surface area contributed by atoms with E-state index >= 15 is 0 Å². The van der Waals surface area contributed by atoms with Crippen molar-refractivity contribution in [1.82, 2.24) is 0 Å².